The lowest BCUT2D eigenvalue weighted by atomic mass is 9.82. The van der Waals surface area contributed by atoms with Gasteiger partial charge in [0.2, 0.25) is 5.91 Å². The number of halogens is 1. The van der Waals surface area contributed by atoms with E-state index in [1.807, 2.05) is 24.3 Å². The van der Waals surface area contributed by atoms with E-state index in [0.717, 1.165) is 5.69 Å². The molecule has 4 rings (SSSR count). The Hall–Kier alpha value is -3.32. The highest BCUT2D eigenvalue weighted by Crippen LogP contribution is 2.28. The van der Waals surface area contributed by atoms with Gasteiger partial charge >= 0.3 is 0 Å². The third kappa shape index (κ3) is 5.20. The van der Waals surface area contributed by atoms with Crippen LogP contribution < -0.4 is 15.3 Å². The molecule has 1 heterocycles. The van der Waals surface area contributed by atoms with Gasteiger partial charge in [0.25, 0.3) is 5.91 Å². The lowest BCUT2D eigenvalue weighted by Crippen LogP contribution is -2.49. The van der Waals surface area contributed by atoms with Crippen molar-refractivity contribution in [2.24, 2.45) is 11.8 Å². The number of hydrogen-bond acceptors (Lipinski definition) is 5. The molecule has 0 bridgehead atoms. The zero-order valence-electron chi connectivity index (χ0n) is 18.1. The van der Waals surface area contributed by atoms with Crippen molar-refractivity contribution >= 4 is 40.8 Å². The molecule has 7 nitrogen and oxygen atoms in total. The summed E-state index contributed by atoms with van der Waals surface area (Å²) in [5.41, 5.74) is 1.84. The Balaban J connectivity index is 1.43. The first-order valence-electron chi connectivity index (χ1n) is 11.0. The van der Waals surface area contributed by atoms with Gasteiger partial charge in [-0.3, -0.25) is 9.59 Å². The second-order valence-electron chi connectivity index (χ2n) is 8.27. The lowest BCUT2D eigenvalue weighted by molar-refractivity contribution is -0.313. The maximum atomic E-state index is 13.3. The van der Waals surface area contributed by atoms with Gasteiger partial charge in [0.15, 0.2) is 0 Å². The fourth-order valence-corrected chi connectivity index (χ4v) is 4.48. The monoisotopic (exact) mass is 466 g/mol. The first kappa shape index (κ1) is 22.9. The quantitative estimate of drug-likeness (QED) is 0.684. The van der Waals surface area contributed by atoms with Crippen molar-refractivity contribution in [3.8, 4) is 0 Å². The van der Waals surface area contributed by atoms with Crippen molar-refractivity contribution < 1.29 is 19.5 Å². The molecule has 0 unspecified atom stereocenters. The summed E-state index contributed by atoms with van der Waals surface area (Å²) in [4.78, 5) is 41.6. The minimum absolute atomic E-state index is 0.165. The SMILES string of the molecule is O=C([O-])[C@@H]1CC=CC[C@H]1C(=O)Nc1ccccc1C(=O)N1CCN(c2ccc(Cl)cc2)CC1. The molecule has 0 radical (unpaired) electrons. The molecule has 2 aromatic rings. The van der Waals surface area contributed by atoms with Crippen LogP contribution in [-0.2, 0) is 9.59 Å². The summed E-state index contributed by atoms with van der Waals surface area (Å²) in [6.07, 6.45) is 4.15. The number of carbonyl (C=O) groups excluding carboxylic acids is 3. The van der Waals surface area contributed by atoms with Crippen molar-refractivity contribution in [1.29, 1.82) is 0 Å². The van der Waals surface area contributed by atoms with Crippen LogP contribution in [0.1, 0.15) is 23.2 Å². The highest BCUT2D eigenvalue weighted by atomic mass is 35.5. The maximum Gasteiger partial charge on any atom is 0.256 e. The van der Waals surface area contributed by atoms with Crippen LogP contribution in [0, 0.1) is 11.8 Å². The summed E-state index contributed by atoms with van der Waals surface area (Å²) in [7, 11) is 0. The Labute approximate surface area is 197 Å². The topological polar surface area (TPSA) is 92.8 Å². The molecular weight excluding hydrogens is 442 g/mol. The fraction of sp³-hybridized carbons (Fsp3) is 0.320. The van der Waals surface area contributed by atoms with E-state index in [1.165, 1.54) is 0 Å². The minimum atomic E-state index is -1.23. The number of para-hydroxylation sites is 1. The molecule has 0 spiro atoms. The number of amides is 2. The Kier molecular flexibility index (Phi) is 6.99. The molecule has 1 N–H and O–H groups in total. The number of carbonyl (C=O) groups is 3. The minimum Gasteiger partial charge on any atom is -0.550 e. The summed E-state index contributed by atoms with van der Waals surface area (Å²) >= 11 is 5.97. The molecule has 0 aromatic heterocycles. The summed E-state index contributed by atoms with van der Waals surface area (Å²) in [5, 5.41) is 14.9. The third-order valence-electron chi connectivity index (χ3n) is 6.25. The second kappa shape index (κ2) is 10.1. The van der Waals surface area contributed by atoms with E-state index in [2.05, 4.69) is 10.2 Å². The van der Waals surface area contributed by atoms with Gasteiger partial charge in [-0.2, -0.15) is 0 Å². The number of hydrogen-bond donors (Lipinski definition) is 1. The predicted molar refractivity (Wildman–Crippen MR) is 125 cm³/mol. The molecule has 1 fully saturated rings. The zero-order valence-corrected chi connectivity index (χ0v) is 18.8. The normalized spacial score (nSPS) is 20.4. The van der Waals surface area contributed by atoms with E-state index >= 15 is 0 Å². The number of anilines is 2. The summed E-state index contributed by atoms with van der Waals surface area (Å²) in [6, 6.07) is 14.5. The molecule has 172 valence electrons. The average molecular weight is 467 g/mol. The summed E-state index contributed by atoms with van der Waals surface area (Å²) in [6.45, 7) is 2.46. The molecule has 8 heteroatoms. The largest absolute Gasteiger partial charge is 0.550 e. The number of allylic oxidation sites excluding steroid dienone is 2. The number of nitrogens with zero attached hydrogens (tertiary/aromatic N) is 2. The van der Waals surface area contributed by atoms with Gasteiger partial charge in [-0.15, -0.1) is 0 Å². The summed E-state index contributed by atoms with van der Waals surface area (Å²) in [5.74, 6) is -3.42. The van der Waals surface area contributed by atoms with E-state index in [9.17, 15) is 19.5 Å². The van der Waals surface area contributed by atoms with Crippen LogP contribution >= 0.6 is 11.6 Å². The van der Waals surface area contributed by atoms with Gasteiger partial charge in [-0.05, 0) is 49.2 Å². The smallest absolute Gasteiger partial charge is 0.256 e. The van der Waals surface area contributed by atoms with Crippen LogP contribution in [0.15, 0.2) is 60.7 Å². The van der Waals surface area contributed by atoms with Crippen LogP contribution in [0.5, 0.6) is 0 Å². The predicted octanol–water partition coefficient (Wildman–Crippen LogP) is 2.57. The van der Waals surface area contributed by atoms with Gasteiger partial charge in [0.05, 0.1) is 17.2 Å². The second-order valence-corrected chi connectivity index (χ2v) is 8.70. The molecule has 2 atom stereocenters. The van der Waals surface area contributed by atoms with Crippen molar-refractivity contribution in [1.82, 2.24) is 4.90 Å². The van der Waals surface area contributed by atoms with Crippen LogP contribution in [0.2, 0.25) is 5.02 Å². The highest BCUT2D eigenvalue weighted by Gasteiger charge is 2.31. The van der Waals surface area contributed by atoms with Crippen molar-refractivity contribution in [2.75, 3.05) is 36.4 Å². The van der Waals surface area contributed by atoms with Gasteiger partial charge in [0.1, 0.15) is 0 Å². The standard InChI is InChI=1S/C25H26ClN3O4/c26-17-9-11-18(12-10-17)28-13-15-29(16-14-28)24(31)21-7-3-4-8-22(21)27-23(30)19-5-1-2-6-20(19)25(32)33/h1-4,7-12,19-20H,5-6,13-16H2,(H,27,30)(H,32,33)/p-1/t19-,20-/m1/s1. The molecule has 2 amide bonds. The number of piperazine rings is 1. The van der Waals surface area contributed by atoms with E-state index in [-0.39, 0.29) is 12.3 Å². The van der Waals surface area contributed by atoms with E-state index in [0.29, 0.717) is 48.9 Å². The Bertz CT molecular complexity index is 1060. The fourth-order valence-electron chi connectivity index (χ4n) is 4.36. The van der Waals surface area contributed by atoms with Crippen molar-refractivity contribution in [3.05, 3.63) is 71.3 Å². The number of rotatable bonds is 5. The van der Waals surface area contributed by atoms with Crippen LogP contribution in [0.25, 0.3) is 0 Å². The van der Waals surface area contributed by atoms with Crippen LogP contribution in [0.4, 0.5) is 11.4 Å². The molecule has 0 saturated carbocycles. The first-order valence-corrected chi connectivity index (χ1v) is 11.4. The Morgan fingerprint density at radius 2 is 1.52 bits per heavy atom. The first-order chi connectivity index (χ1) is 15.9. The Morgan fingerprint density at radius 1 is 0.879 bits per heavy atom. The summed E-state index contributed by atoms with van der Waals surface area (Å²) < 4.78 is 0. The van der Waals surface area contributed by atoms with Gasteiger partial charge in [-0.25, -0.2) is 0 Å². The van der Waals surface area contributed by atoms with Gasteiger partial charge < -0.3 is 25.0 Å². The average Bonchev–Trinajstić information content (AvgIpc) is 2.84. The zero-order chi connectivity index (χ0) is 23.4. The molecule has 1 aliphatic heterocycles. The number of nitrogens with one attached hydrogen (secondary N) is 1. The van der Waals surface area contributed by atoms with Crippen LogP contribution in [0.3, 0.4) is 0 Å². The third-order valence-corrected chi connectivity index (χ3v) is 6.50. The van der Waals surface area contributed by atoms with E-state index < -0.39 is 23.7 Å². The molecule has 2 aromatic carbocycles. The van der Waals surface area contributed by atoms with Crippen molar-refractivity contribution in [3.63, 3.8) is 0 Å². The van der Waals surface area contributed by atoms with Crippen LogP contribution in [-0.4, -0.2) is 48.9 Å². The Morgan fingerprint density at radius 3 is 2.18 bits per heavy atom. The number of carboxylic acids is 1. The van der Waals surface area contributed by atoms with E-state index in [1.54, 1.807) is 41.3 Å². The highest BCUT2D eigenvalue weighted by molar-refractivity contribution is 6.30. The number of benzene rings is 2. The molecular formula is C25H25ClN3O4-. The molecule has 2 aliphatic rings. The van der Waals surface area contributed by atoms with Gasteiger partial charge in [0, 0.05) is 48.8 Å². The molecule has 33 heavy (non-hydrogen) atoms. The van der Waals surface area contributed by atoms with E-state index in [4.69, 9.17) is 11.6 Å². The molecule has 1 saturated heterocycles. The van der Waals surface area contributed by atoms with Gasteiger partial charge in [-0.1, -0.05) is 35.9 Å². The number of carboxylic acid groups (broad SMARTS) is 1. The number of aliphatic carboxylic acids is 1. The lowest BCUT2D eigenvalue weighted by Gasteiger charge is -2.36. The maximum absolute atomic E-state index is 13.3. The molecule has 1 aliphatic carbocycles. The van der Waals surface area contributed by atoms with Crippen molar-refractivity contribution in [2.45, 2.75) is 12.8 Å².